The lowest BCUT2D eigenvalue weighted by molar-refractivity contribution is 0.0699. The van der Waals surface area contributed by atoms with E-state index in [4.69, 9.17) is 11.6 Å². The number of hydrogen-bond acceptors (Lipinski definition) is 1. The zero-order chi connectivity index (χ0) is 13.0. The van der Waals surface area contributed by atoms with E-state index in [1.807, 2.05) is 17.9 Å². The van der Waals surface area contributed by atoms with Gasteiger partial charge in [0.1, 0.15) is 0 Å². The number of amides is 1. The van der Waals surface area contributed by atoms with Crippen LogP contribution in [-0.4, -0.2) is 23.4 Å². The summed E-state index contributed by atoms with van der Waals surface area (Å²) in [6, 6.07) is 5.68. The highest BCUT2D eigenvalue weighted by Gasteiger charge is 2.20. The maximum atomic E-state index is 12.4. The van der Waals surface area contributed by atoms with Crippen LogP contribution < -0.4 is 0 Å². The molecule has 0 saturated heterocycles. The predicted molar refractivity (Wildman–Crippen MR) is 80.6 cm³/mol. The number of nitrogens with zero attached hydrogens (tertiary/aromatic N) is 1. The molecule has 2 nitrogen and oxygen atoms in total. The number of benzene rings is 1. The predicted octanol–water partition coefficient (Wildman–Crippen LogP) is 4.21. The molecule has 1 aromatic rings. The van der Waals surface area contributed by atoms with Crippen LogP contribution in [0.1, 0.15) is 37.6 Å². The minimum Gasteiger partial charge on any atom is -0.336 e. The van der Waals surface area contributed by atoms with Gasteiger partial charge in [0.25, 0.3) is 5.91 Å². The van der Waals surface area contributed by atoms with E-state index in [9.17, 15) is 4.79 Å². The molecular formula is C13H17ClINO. The SMILES string of the molecule is CCC(C)N(CC)C(=O)c1cc(Cl)ccc1I. The minimum atomic E-state index is 0.0637. The van der Waals surface area contributed by atoms with Gasteiger partial charge in [0.05, 0.1) is 5.56 Å². The molecule has 4 heteroatoms. The van der Waals surface area contributed by atoms with E-state index in [1.54, 1.807) is 12.1 Å². The van der Waals surface area contributed by atoms with Gasteiger partial charge in [0, 0.05) is 21.2 Å². The average molecular weight is 366 g/mol. The van der Waals surface area contributed by atoms with Crippen molar-refractivity contribution >= 4 is 40.1 Å². The Bertz CT molecular complexity index is 408. The Kier molecular flexibility index (Phi) is 5.73. The zero-order valence-electron chi connectivity index (χ0n) is 10.3. The summed E-state index contributed by atoms with van der Waals surface area (Å²) in [7, 11) is 0. The molecule has 0 aromatic heterocycles. The Hall–Kier alpha value is -0.290. The van der Waals surface area contributed by atoms with Gasteiger partial charge in [-0.25, -0.2) is 0 Å². The normalized spacial score (nSPS) is 12.3. The van der Waals surface area contributed by atoms with E-state index in [1.165, 1.54) is 0 Å². The smallest absolute Gasteiger partial charge is 0.255 e. The van der Waals surface area contributed by atoms with Crippen LogP contribution in [0.15, 0.2) is 18.2 Å². The molecule has 0 bridgehead atoms. The van der Waals surface area contributed by atoms with Crippen LogP contribution >= 0.6 is 34.2 Å². The average Bonchev–Trinajstić information content (AvgIpc) is 2.32. The molecule has 0 N–H and O–H groups in total. The number of hydrogen-bond donors (Lipinski definition) is 0. The summed E-state index contributed by atoms with van der Waals surface area (Å²) in [5, 5.41) is 0.606. The van der Waals surface area contributed by atoms with E-state index in [0.29, 0.717) is 10.6 Å². The zero-order valence-corrected chi connectivity index (χ0v) is 13.2. The quantitative estimate of drug-likeness (QED) is 0.732. The van der Waals surface area contributed by atoms with Crippen LogP contribution in [0.4, 0.5) is 0 Å². The molecule has 0 heterocycles. The first-order valence-corrected chi connectivity index (χ1v) is 7.22. The van der Waals surface area contributed by atoms with Gasteiger partial charge in [-0.1, -0.05) is 18.5 Å². The topological polar surface area (TPSA) is 20.3 Å². The van der Waals surface area contributed by atoms with Crippen molar-refractivity contribution in [3.8, 4) is 0 Å². The fourth-order valence-corrected chi connectivity index (χ4v) is 2.43. The highest BCUT2D eigenvalue weighted by molar-refractivity contribution is 14.1. The van der Waals surface area contributed by atoms with Crippen molar-refractivity contribution in [1.82, 2.24) is 4.90 Å². The fourth-order valence-electron chi connectivity index (χ4n) is 1.69. The summed E-state index contributed by atoms with van der Waals surface area (Å²) in [6.07, 6.45) is 0.955. The molecule has 0 spiro atoms. The van der Waals surface area contributed by atoms with Gasteiger partial charge >= 0.3 is 0 Å². The monoisotopic (exact) mass is 365 g/mol. The lowest BCUT2D eigenvalue weighted by Gasteiger charge is -2.27. The summed E-state index contributed by atoms with van der Waals surface area (Å²) in [5.41, 5.74) is 0.695. The third kappa shape index (κ3) is 3.58. The Morgan fingerprint density at radius 1 is 1.47 bits per heavy atom. The molecule has 0 saturated carbocycles. The molecule has 0 aliphatic carbocycles. The van der Waals surface area contributed by atoms with Crippen LogP contribution in [0.3, 0.4) is 0 Å². The molecule has 1 aromatic carbocycles. The van der Waals surface area contributed by atoms with Crippen molar-refractivity contribution < 1.29 is 4.79 Å². The molecule has 0 aliphatic heterocycles. The Labute approximate surface area is 121 Å². The molecule has 0 aliphatic rings. The van der Waals surface area contributed by atoms with Gasteiger partial charge < -0.3 is 4.90 Å². The first kappa shape index (κ1) is 14.8. The summed E-state index contributed by atoms with van der Waals surface area (Å²) < 4.78 is 0.943. The second-order valence-electron chi connectivity index (χ2n) is 3.97. The number of carbonyl (C=O) groups excluding carboxylic acids is 1. The maximum absolute atomic E-state index is 12.4. The highest BCUT2D eigenvalue weighted by atomic mass is 127. The van der Waals surface area contributed by atoms with Gasteiger partial charge in [0.15, 0.2) is 0 Å². The van der Waals surface area contributed by atoms with Gasteiger partial charge in [-0.15, -0.1) is 0 Å². The Morgan fingerprint density at radius 2 is 2.12 bits per heavy atom. The minimum absolute atomic E-state index is 0.0637. The second kappa shape index (κ2) is 6.59. The summed E-state index contributed by atoms with van der Waals surface area (Å²) >= 11 is 8.12. The van der Waals surface area contributed by atoms with Crippen molar-refractivity contribution in [2.24, 2.45) is 0 Å². The summed E-state index contributed by atoms with van der Waals surface area (Å²) in [6.45, 7) is 6.88. The maximum Gasteiger partial charge on any atom is 0.255 e. The van der Waals surface area contributed by atoms with E-state index in [-0.39, 0.29) is 11.9 Å². The molecule has 0 fully saturated rings. The molecular weight excluding hydrogens is 349 g/mol. The standard InChI is InChI=1S/C13H17ClINO/c1-4-9(3)16(5-2)13(17)11-8-10(14)6-7-12(11)15/h6-9H,4-5H2,1-3H3. The van der Waals surface area contributed by atoms with E-state index < -0.39 is 0 Å². The van der Waals surface area contributed by atoms with E-state index in [0.717, 1.165) is 16.5 Å². The van der Waals surface area contributed by atoms with Crippen LogP contribution in [0.2, 0.25) is 5.02 Å². The van der Waals surface area contributed by atoms with Crippen molar-refractivity contribution in [2.45, 2.75) is 33.2 Å². The van der Waals surface area contributed by atoms with Crippen molar-refractivity contribution in [3.05, 3.63) is 32.4 Å². The molecule has 17 heavy (non-hydrogen) atoms. The molecule has 1 amide bonds. The van der Waals surface area contributed by atoms with Gasteiger partial charge in [-0.05, 0) is 61.1 Å². The lowest BCUT2D eigenvalue weighted by atomic mass is 10.1. The van der Waals surface area contributed by atoms with Crippen molar-refractivity contribution in [2.75, 3.05) is 6.54 Å². The lowest BCUT2D eigenvalue weighted by Crippen LogP contribution is -2.38. The van der Waals surface area contributed by atoms with Gasteiger partial charge in [-0.2, -0.15) is 0 Å². The molecule has 1 rings (SSSR count). The van der Waals surface area contributed by atoms with Crippen LogP contribution in [0.5, 0.6) is 0 Å². The van der Waals surface area contributed by atoms with Crippen molar-refractivity contribution in [3.63, 3.8) is 0 Å². The third-order valence-electron chi connectivity index (χ3n) is 2.88. The first-order valence-electron chi connectivity index (χ1n) is 5.77. The summed E-state index contributed by atoms with van der Waals surface area (Å²) in [4.78, 5) is 14.3. The summed E-state index contributed by atoms with van der Waals surface area (Å²) in [5.74, 6) is 0.0637. The van der Waals surface area contributed by atoms with Crippen LogP contribution in [-0.2, 0) is 0 Å². The number of carbonyl (C=O) groups is 1. The molecule has 0 radical (unpaired) electrons. The second-order valence-corrected chi connectivity index (χ2v) is 5.57. The molecule has 1 unspecified atom stereocenters. The molecule has 94 valence electrons. The largest absolute Gasteiger partial charge is 0.336 e. The third-order valence-corrected chi connectivity index (χ3v) is 4.06. The van der Waals surface area contributed by atoms with E-state index >= 15 is 0 Å². The Morgan fingerprint density at radius 3 is 2.65 bits per heavy atom. The number of rotatable bonds is 4. The van der Waals surface area contributed by atoms with Gasteiger partial charge in [0.2, 0.25) is 0 Å². The number of halogens is 2. The van der Waals surface area contributed by atoms with Crippen LogP contribution in [0.25, 0.3) is 0 Å². The van der Waals surface area contributed by atoms with Crippen molar-refractivity contribution in [1.29, 1.82) is 0 Å². The van der Waals surface area contributed by atoms with E-state index in [2.05, 4.69) is 36.4 Å². The van der Waals surface area contributed by atoms with Crippen LogP contribution in [0, 0.1) is 3.57 Å². The van der Waals surface area contributed by atoms with Gasteiger partial charge in [-0.3, -0.25) is 4.79 Å². The fraction of sp³-hybridized carbons (Fsp3) is 0.462. The first-order chi connectivity index (χ1) is 8.01. The highest BCUT2D eigenvalue weighted by Crippen LogP contribution is 2.20. The molecule has 1 atom stereocenters. The Balaban J connectivity index is 3.05.